The highest BCUT2D eigenvalue weighted by molar-refractivity contribution is 14.1. The van der Waals surface area contributed by atoms with Gasteiger partial charge in [-0.1, -0.05) is 0 Å². The van der Waals surface area contributed by atoms with Gasteiger partial charge in [0.1, 0.15) is 5.75 Å². The van der Waals surface area contributed by atoms with Crippen molar-refractivity contribution in [1.29, 1.82) is 0 Å². The molecule has 5 nitrogen and oxygen atoms in total. The summed E-state index contributed by atoms with van der Waals surface area (Å²) in [5.41, 5.74) is 1.78. The normalized spacial score (nSPS) is 10.1. The summed E-state index contributed by atoms with van der Waals surface area (Å²) in [6.07, 6.45) is -0.471. The first kappa shape index (κ1) is 18.1. The second-order valence-electron chi connectivity index (χ2n) is 5.16. The first-order chi connectivity index (χ1) is 11.4. The minimum atomic E-state index is -0.791. The largest absolute Gasteiger partial charge is 0.497 e. The molecule has 24 heavy (non-hydrogen) atoms. The number of carbonyl (C=O) groups excluding carboxylic acids is 3. The molecular formula is C18H16INO4. The van der Waals surface area contributed by atoms with Gasteiger partial charge in [-0.3, -0.25) is 14.4 Å². The number of ketones is 2. The summed E-state index contributed by atoms with van der Waals surface area (Å²) in [7, 11) is 1.53. The summed E-state index contributed by atoms with van der Waals surface area (Å²) in [5, 5.41) is 2.55. The molecule has 2 aromatic carbocycles. The van der Waals surface area contributed by atoms with E-state index in [0.29, 0.717) is 17.0 Å². The molecule has 0 aromatic heterocycles. The molecule has 0 bridgehead atoms. The maximum atomic E-state index is 12.1. The standard InChI is InChI=1S/C18H16INO4/c1-11-9-13(19)5-8-15(11)20-18(23)17(22)10-16(21)12-3-6-14(24-2)7-4-12/h3-9H,10H2,1-2H3,(H,20,23). The van der Waals surface area contributed by atoms with Gasteiger partial charge in [0, 0.05) is 14.8 Å². The number of halogens is 1. The summed E-state index contributed by atoms with van der Waals surface area (Å²) >= 11 is 2.16. The molecule has 2 rings (SSSR count). The van der Waals surface area contributed by atoms with Crippen molar-refractivity contribution < 1.29 is 19.1 Å². The molecule has 0 aliphatic heterocycles. The molecule has 6 heteroatoms. The van der Waals surface area contributed by atoms with Crippen LogP contribution in [-0.4, -0.2) is 24.6 Å². The Morgan fingerprint density at radius 3 is 2.33 bits per heavy atom. The van der Waals surface area contributed by atoms with E-state index in [0.717, 1.165) is 9.13 Å². The third-order valence-corrected chi connectivity index (χ3v) is 4.09. The second kappa shape index (κ2) is 8.05. The highest BCUT2D eigenvalue weighted by atomic mass is 127. The van der Waals surface area contributed by atoms with Crippen molar-refractivity contribution in [1.82, 2.24) is 0 Å². The van der Waals surface area contributed by atoms with Gasteiger partial charge in [0.2, 0.25) is 5.78 Å². The third kappa shape index (κ3) is 4.64. The number of amides is 1. The third-order valence-electron chi connectivity index (χ3n) is 3.42. The number of carbonyl (C=O) groups is 3. The zero-order chi connectivity index (χ0) is 17.7. The van der Waals surface area contributed by atoms with Crippen molar-refractivity contribution in [3.05, 3.63) is 57.2 Å². The highest BCUT2D eigenvalue weighted by Gasteiger charge is 2.19. The molecule has 0 aliphatic rings. The van der Waals surface area contributed by atoms with Gasteiger partial charge in [-0.05, 0) is 77.5 Å². The van der Waals surface area contributed by atoms with E-state index in [9.17, 15) is 14.4 Å². The smallest absolute Gasteiger partial charge is 0.292 e. The van der Waals surface area contributed by atoms with Crippen LogP contribution in [0.15, 0.2) is 42.5 Å². The number of nitrogens with one attached hydrogen (secondary N) is 1. The summed E-state index contributed by atoms with van der Waals surface area (Å²) < 4.78 is 6.04. The molecule has 2 aromatic rings. The molecule has 0 saturated carbocycles. The first-order valence-electron chi connectivity index (χ1n) is 7.18. The van der Waals surface area contributed by atoms with Crippen LogP contribution in [0.2, 0.25) is 0 Å². The van der Waals surface area contributed by atoms with E-state index in [1.165, 1.54) is 7.11 Å². The van der Waals surface area contributed by atoms with Crippen LogP contribution in [0.1, 0.15) is 22.3 Å². The van der Waals surface area contributed by atoms with Gasteiger partial charge in [0.25, 0.3) is 5.91 Å². The molecule has 124 valence electrons. The Morgan fingerprint density at radius 1 is 1.08 bits per heavy atom. The van der Waals surface area contributed by atoms with Crippen molar-refractivity contribution in [2.45, 2.75) is 13.3 Å². The number of benzene rings is 2. The fourth-order valence-corrected chi connectivity index (χ4v) is 2.71. The Labute approximate surface area is 153 Å². The minimum absolute atomic E-state index is 0.363. The number of hydrogen-bond donors (Lipinski definition) is 1. The molecule has 0 saturated heterocycles. The van der Waals surface area contributed by atoms with Gasteiger partial charge >= 0.3 is 0 Å². The maximum absolute atomic E-state index is 12.1. The number of anilines is 1. The lowest BCUT2D eigenvalue weighted by molar-refractivity contribution is -0.134. The van der Waals surface area contributed by atoms with Crippen molar-refractivity contribution in [2.75, 3.05) is 12.4 Å². The van der Waals surface area contributed by atoms with Crippen molar-refractivity contribution in [3.8, 4) is 5.75 Å². The first-order valence-corrected chi connectivity index (χ1v) is 8.26. The van der Waals surface area contributed by atoms with Gasteiger partial charge in [-0.2, -0.15) is 0 Å². The van der Waals surface area contributed by atoms with Crippen LogP contribution in [0.5, 0.6) is 5.75 Å². The van der Waals surface area contributed by atoms with E-state index in [2.05, 4.69) is 27.9 Å². The summed E-state index contributed by atoms with van der Waals surface area (Å²) in [4.78, 5) is 36.0. The lowest BCUT2D eigenvalue weighted by atomic mass is 10.1. The van der Waals surface area contributed by atoms with Crippen LogP contribution >= 0.6 is 22.6 Å². The van der Waals surface area contributed by atoms with Crippen LogP contribution in [0.4, 0.5) is 5.69 Å². The zero-order valence-corrected chi connectivity index (χ0v) is 15.4. The fraction of sp³-hybridized carbons (Fsp3) is 0.167. The Morgan fingerprint density at radius 2 is 1.75 bits per heavy atom. The van der Waals surface area contributed by atoms with Crippen LogP contribution < -0.4 is 10.1 Å². The van der Waals surface area contributed by atoms with Crippen molar-refractivity contribution in [2.24, 2.45) is 0 Å². The van der Waals surface area contributed by atoms with E-state index in [1.54, 1.807) is 30.3 Å². The van der Waals surface area contributed by atoms with Crippen LogP contribution in [-0.2, 0) is 9.59 Å². The van der Waals surface area contributed by atoms with Crippen LogP contribution in [0, 0.1) is 10.5 Å². The van der Waals surface area contributed by atoms with Gasteiger partial charge in [-0.15, -0.1) is 0 Å². The molecule has 0 unspecified atom stereocenters. The Bertz CT molecular complexity index is 784. The molecule has 0 radical (unpaired) electrons. The molecular weight excluding hydrogens is 421 g/mol. The lowest BCUT2D eigenvalue weighted by Crippen LogP contribution is -2.25. The monoisotopic (exact) mass is 437 g/mol. The van der Waals surface area contributed by atoms with E-state index < -0.39 is 23.9 Å². The summed E-state index contributed by atoms with van der Waals surface area (Å²) in [6, 6.07) is 11.8. The van der Waals surface area contributed by atoms with Crippen molar-refractivity contribution in [3.63, 3.8) is 0 Å². The molecule has 1 N–H and O–H groups in total. The fourth-order valence-electron chi connectivity index (χ4n) is 2.06. The zero-order valence-electron chi connectivity index (χ0n) is 13.3. The van der Waals surface area contributed by atoms with E-state index >= 15 is 0 Å². The minimum Gasteiger partial charge on any atom is -0.497 e. The number of Topliss-reactive ketones (excluding diaryl/α,β-unsaturated/α-hetero) is 2. The summed E-state index contributed by atoms with van der Waals surface area (Å²) in [5.74, 6) is -1.35. The van der Waals surface area contributed by atoms with Gasteiger partial charge in [0.15, 0.2) is 5.78 Å². The molecule has 0 fully saturated rings. The Balaban J connectivity index is 2.00. The van der Waals surface area contributed by atoms with Gasteiger partial charge in [-0.25, -0.2) is 0 Å². The van der Waals surface area contributed by atoms with Crippen LogP contribution in [0.3, 0.4) is 0 Å². The summed E-state index contributed by atoms with van der Waals surface area (Å²) in [6.45, 7) is 1.84. The molecule has 0 aliphatic carbocycles. The topological polar surface area (TPSA) is 72.5 Å². The molecule has 0 heterocycles. The van der Waals surface area contributed by atoms with Crippen LogP contribution in [0.25, 0.3) is 0 Å². The Kier molecular flexibility index (Phi) is 6.08. The number of rotatable bonds is 6. The number of hydrogen-bond acceptors (Lipinski definition) is 4. The number of ether oxygens (including phenoxy) is 1. The van der Waals surface area contributed by atoms with E-state index in [4.69, 9.17) is 4.74 Å². The van der Waals surface area contributed by atoms with E-state index in [1.807, 2.05) is 19.1 Å². The number of methoxy groups -OCH3 is 1. The van der Waals surface area contributed by atoms with Gasteiger partial charge in [0.05, 0.1) is 13.5 Å². The van der Waals surface area contributed by atoms with Crippen molar-refractivity contribution >= 4 is 45.8 Å². The number of aryl methyl sites for hydroxylation is 1. The average molecular weight is 437 g/mol. The second-order valence-corrected chi connectivity index (χ2v) is 6.41. The molecule has 0 spiro atoms. The van der Waals surface area contributed by atoms with Gasteiger partial charge < -0.3 is 10.1 Å². The maximum Gasteiger partial charge on any atom is 0.292 e. The predicted octanol–water partition coefficient (Wildman–Crippen LogP) is 3.39. The quantitative estimate of drug-likeness (QED) is 0.326. The van der Waals surface area contributed by atoms with E-state index in [-0.39, 0.29) is 0 Å². The molecule has 1 amide bonds. The highest BCUT2D eigenvalue weighted by Crippen LogP contribution is 2.18. The molecule has 0 atom stereocenters. The lowest BCUT2D eigenvalue weighted by Gasteiger charge is -2.08. The SMILES string of the molecule is COc1ccc(C(=O)CC(=O)C(=O)Nc2ccc(I)cc2C)cc1. The predicted molar refractivity (Wildman–Crippen MR) is 99.5 cm³/mol. The Hall–Kier alpha value is -2.22. The average Bonchev–Trinajstić information content (AvgIpc) is 2.57.